The Kier molecular flexibility index (Phi) is 3.74. The molecule has 0 N–H and O–H groups in total. The molecule has 1 aromatic heterocycles. The molecule has 0 radical (unpaired) electrons. The molecular weight excluding hydrogens is 617 g/mol. The fraction of sp³-hybridized carbons (Fsp3) is 0. The average molecular weight is 668 g/mol. The Morgan fingerprint density at radius 2 is 0.882 bits per heavy atom. The van der Waals surface area contributed by atoms with E-state index in [4.69, 9.17) is 23.6 Å². The molecule has 0 amide bonds. The lowest BCUT2D eigenvalue weighted by atomic mass is 9.83. The van der Waals surface area contributed by atoms with Gasteiger partial charge < -0.3 is 4.42 Å². The van der Waals surface area contributed by atoms with E-state index in [9.17, 15) is 6.85 Å². The molecule has 0 aliphatic heterocycles. The molecule has 0 fully saturated rings. The van der Waals surface area contributed by atoms with Crippen molar-refractivity contribution in [1.82, 2.24) is 0 Å². The summed E-state index contributed by atoms with van der Waals surface area (Å²) in [6.45, 7) is 0. The summed E-state index contributed by atoms with van der Waals surface area (Å²) in [5.74, 6) is 0. The largest absolute Gasteiger partial charge is 0.456 e. The number of furan rings is 1. The molecule has 0 atom stereocenters. The first kappa shape index (κ1) is 15.9. The first-order chi connectivity index (χ1) is 33.2. The van der Waals surface area contributed by atoms with Gasteiger partial charge in [0.15, 0.2) is 0 Å². The van der Waals surface area contributed by atoms with Crippen LogP contribution in [0.2, 0.25) is 0 Å². The maximum Gasteiger partial charge on any atom is 0.136 e. The highest BCUT2D eigenvalue weighted by molar-refractivity contribution is 6.26. The number of benzene rings is 9. The van der Waals surface area contributed by atoms with E-state index < -0.39 is 125 Å². The van der Waals surface area contributed by atoms with Gasteiger partial charge in [0.25, 0.3) is 0 Å². The van der Waals surface area contributed by atoms with Crippen LogP contribution in [0.25, 0.3) is 99.1 Å². The van der Waals surface area contributed by atoms with Crippen LogP contribution in [-0.4, -0.2) is 0 Å². The van der Waals surface area contributed by atoms with Crippen LogP contribution in [0.3, 0.4) is 0 Å². The topological polar surface area (TPSA) is 13.1 Å². The summed E-state index contributed by atoms with van der Waals surface area (Å²) < 4.78 is 177. The number of hydrogen-bond acceptors (Lipinski definition) is 1. The monoisotopic (exact) mass is 667 g/mol. The van der Waals surface area contributed by atoms with Gasteiger partial charge in [-0.25, -0.2) is 0 Å². The smallest absolute Gasteiger partial charge is 0.136 e. The van der Waals surface area contributed by atoms with Crippen LogP contribution in [-0.2, 0) is 0 Å². The molecular formula is C50H32O. The van der Waals surface area contributed by atoms with Crippen LogP contribution in [0.5, 0.6) is 0 Å². The summed E-state index contributed by atoms with van der Waals surface area (Å²) in [5.41, 5.74) is -1.68. The van der Waals surface area contributed by atoms with Crippen molar-refractivity contribution in [2.45, 2.75) is 0 Å². The molecule has 1 heteroatoms. The van der Waals surface area contributed by atoms with Crippen molar-refractivity contribution in [3.63, 3.8) is 0 Å². The summed E-state index contributed by atoms with van der Waals surface area (Å²) in [6.07, 6.45) is 0. The minimum atomic E-state index is -0.738. The number of hydrogen-bond donors (Lipinski definition) is 0. The minimum absolute atomic E-state index is 0.00778. The maximum atomic E-state index is 9.92. The predicted molar refractivity (Wildman–Crippen MR) is 216 cm³/mol. The quantitative estimate of drug-likeness (QED) is 0.167. The molecule has 51 heavy (non-hydrogen) atoms. The van der Waals surface area contributed by atoms with Crippen LogP contribution in [0.1, 0.15) is 26.0 Å². The lowest BCUT2D eigenvalue weighted by Gasteiger charge is -2.19. The highest BCUT2D eigenvalue weighted by atomic mass is 16.3. The summed E-state index contributed by atoms with van der Waals surface area (Å²) in [7, 11) is 0. The van der Waals surface area contributed by atoms with Crippen molar-refractivity contribution in [2.75, 3.05) is 0 Å². The van der Waals surface area contributed by atoms with Gasteiger partial charge in [0, 0.05) is 10.8 Å². The fourth-order valence-corrected chi connectivity index (χ4v) is 6.65. The molecule has 0 unspecified atom stereocenters. The third-order valence-corrected chi connectivity index (χ3v) is 8.82. The SMILES string of the molecule is [2H]c1c([2H])c([2H])c(-c2c([2H])c(-c3ccccc3)c([2H])c(-c3c4ccccc4c(-c4c([2H])c([2H])c([2H])c5oc6c([2H])c([2H])c(-c7c([2H])c([2H])c([2H])c([2H])c7[2H])c([2H])c6c45)c4ccccc34)c2[2H])c([2H])c1[2H]. The lowest BCUT2D eigenvalue weighted by Crippen LogP contribution is -1.92. The second-order valence-electron chi connectivity index (χ2n) is 11.7. The molecule has 9 aromatic carbocycles. The molecule has 10 rings (SSSR count). The van der Waals surface area contributed by atoms with Crippen molar-refractivity contribution in [2.24, 2.45) is 0 Å². The highest BCUT2D eigenvalue weighted by Crippen LogP contribution is 2.48. The van der Waals surface area contributed by atoms with Crippen molar-refractivity contribution in [1.29, 1.82) is 0 Å². The predicted octanol–water partition coefficient (Wildman–Crippen LogP) is 14.2. The van der Waals surface area contributed by atoms with Gasteiger partial charge >= 0.3 is 0 Å². The molecule has 0 saturated carbocycles. The zero-order chi connectivity index (χ0) is 50.3. The standard InChI is InChI=1S/C50H32O/c1-4-15-33(16-5-1)36-27-28-46-45(32-36)50-44(25-14-26-47(50)51-46)49-42-23-12-10-21-40(42)48(41-22-11-13-24-43(41)49)39-30-37(34-17-6-2-7-18-34)29-38(31-39)35-19-8-3-9-20-35/h1-32H/i1D,2D,4D,5D,6D,7D,14D,15D,16D,17D,18D,25D,26D,27D,28D,29D,30D,31D,32D. The Balaban J connectivity index is 1.41. The van der Waals surface area contributed by atoms with E-state index in [-0.39, 0.29) is 61.4 Å². The lowest BCUT2D eigenvalue weighted by molar-refractivity contribution is 0.669. The van der Waals surface area contributed by atoms with Gasteiger partial charge in [-0.05, 0) is 113 Å². The average Bonchev–Trinajstić information content (AvgIpc) is 3.76. The molecule has 10 aromatic rings. The van der Waals surface area contributed by atoms with Gasteiger partial charge in [-0.15, -0.1) is 0 Å². The van der Waals surface area contributed by atoms with E-state index in [1.165, 1.54) is 0 Å². The summed E-state index contributed by atoms with van der Waals surface area (Å²) in [6, 6.07) is 10.1. The van der Waals surface area contributed by atoms with E-state index >= 15 is 0 Å². The Labute approximate surface area is 323 Å². The Morgan fingerprint density at radius 1 is 0.333 bits per heavy atom. The molecule has 0 aliphatic carbocycles. The van der Waals surface area contributed by atoms with Crippen molar-refractivity contribution >= 4 is 43.5 Å². The van der Waals surface area contributed by atoms with E-state index in [0.29, 0.717) is 27.1 Å². The zero-order valence-corrected chi connectivity index (χ0v) is 26.4. The van der Waals surface area contributed by atoms with Crippen LogP contribution in [0.4, 0.5) is 0 Å². The molecule has 1 nitrogen and oxygen atoms in total. The highest BCUT2D eigenvalue weighted by Gasteiger charge is 2.21. The molecule has 0 saturated heterocycles. The number of rotatable bonds is 5. The van der Waals surface area contributed by atoms with E-state index in [1.807, 2.05) is 0 Å². The second-order valence-corrected chi connectivity index (χ2v) is 11.7. The van der Waals surface area contributed by atoms with Gasteiger partial charge in [-0.3, -0.25) is 0 Å². The third kappa shape index (κ3) is 4.94. The van der Waals surface area contributed by atoms with Gasteiger partial charge in [0.05, 0.1) is 26.0 Å². The van der Waals surface area contributed by atoms with E-state index in [0.717, 1.165) is 0 Å². The van der Waals surface area contributed by atoms with Gasteiger partial charge in [-0.2, -0.15) is 0 Å². The molecule has 0 spiro atoms. The fourth-order valence-electron chi connectivity index (χ4n) is 6.65. The third-order valence-electron chi connectivity index (χ3n) is 8.82. The normalized spacial score (nSPS) is 16.7. The minimum Gasteiger partial charge on any atom is -0.456 e. The first-order valence-electron chi connectivity index (χ1n) is 25.5. The Bertz CT molecular complexity index is 3880. The molecule has 0 aliphatic rings. The first-order valence-corrected chi connectivity index (χ1v) is 16.0. The van der Waals surface area contributed by atoms with Crippen LogP contribution < -0.4 is 0 Å². The van der Waals surface area contributed by atoms with Crippen molar-refractivity contribution < 1.29 is 30.5 Å². The van der Waals surface area contributed by atoms with Crippen LogP contribution in [0.15, 0.2) is 198 Å². The van der Waals surface area contributed by atoms with Crippen LogP contribution in [0, 0.1) is 0 Å². The second kappa shape index (κ2) is 12.0. The van der Waals surface area contributed by atoms with Gasteiger partial charge in [0.1, 0.15) is 11.2 Å². The Morgan fingerprint density at radius 3 is 1.53 bits per heavy atom. The molecule has 0 bridgehead atoms. The summed E-state index contributed by atoms with van der Waals surface area (Å²) >= 11 is 0. The summed E-state index contributed by atoms with van der Waals surface area (Å²) in [5, 5.41) is 1.06. The van der Waals surface area contributed by atoms with Gasteiger partial charge in [-0.1, -0.05) is 157 Å². The van der Waals surface area contributed by atoms with E-state index in [2.05, 4.69) is 0 Å². The zero-order valence-electron chi connectivity index (χ0n) is 45.4. The van der Waals surface area contributed by atoms with Gasteiger partial charge in [0.2, 0.25) is 0 Å². The maximum absolute atomic E-state index is 9.92. The molecule has 238 valence electrons. The number of fused-ring (bicyclic) bond motifs is 5. The molecule has 1 heterocycles. The summed E-state index contributed by atoms with van der Waals surface area (Å²) in [4.78, 5) is 0. The van der Waals surface area contributed by atoms with E-state index in [1.54, 1.807) is 78.9 Å². The van der Waals surface area contributed by atoms with Crippen molar-refractivity contribution in [3.05, 3.63) is 194 Å². The van der Waals surface area contributed by atoms with Crippen LogP contribution >= 0.6 is 0 Å². The Hall–Kier alpha value is -6.70. The van der Waals surface area contributed by atoms with Crippen molar-refractivity contribution in [3.8, 4) is 55.6 Å².